The van der Waals surface area contributed by atoms with Gasteiger partial charge in [0.05, 0.1) is 17.6 Å². The minimum Gasteiger partial charge on any atom is -0.285 e. The molecule has 5 rings (SSSR count). The SMILES string of the molecule is ON1C=CCc2cc(Cc3nnc4ccc(-c5cn[nH]c5)nn34)ccc21. The van der Waals surface area contributed by atoms with Crippen LogP contribution in [0.4, 0.5) is 5.69 Å². The lowest BCUT2D eigenvalue weighted by Gasteiger charge is -2.20. The maximum atomic E-state index is 9.87. The number of aromatic amines is 1. The molecule has 0 radical (unpaired) electrons. The average Bonchev–Trinajstić information content (AvgIpc) is 3.32. The highest BCUT2D eigenvalue weighted by Crippen LogP contribution is 2.26. The number of hydrogen-bond donors (Lipinski definition) is 2. The third-order valence-electron chi connectivity index (χ3n) is 4.46. The van der Waals surface area contributed by atoms with E-state index >= 15 is 0 Å². The van der Waals surface area contributed by atoms with Crippen molar-refractivity contribution >= 4 is 11.3 Å². The quantitative estimate of drug-likeness (QED) is 0.592. The summed E-state index contributed by atoms with van der Waals surface area (Å²) in [5.41, 5.74) is 5.40. The van der Waals surface area contributed by atoms with Crippen LogP contribution < -0.4 is 5.06 Å². The van der Waals surface area contributed by atoms with Gasteiger partial charge in [-0.1, -0.05) is 18.2 Å². The molecule has 0 bridgehead atoms. The molecule has 4 aromatic rings. The van der Waals surface area contributed by atoms with Gasteiger partial charge >= 0.3 is 0 Å². The molecule has 1 aliphatic rings. The molecule has 26 heavy (non-hydrogen) atoms. The van der Waals surface area contributed by atoms with Crippen molar-refractivity contribution in [3.05, 3.63) is 72.0 Å². The Kier molecular flexibility index (Phi) is 3.29. The van der Waals surface area contributed by atoms with Crippen LogP contribution in [-0.2, 0) is 12.8 Å². The minimum atomic E-state index is 0.603. The molecule has 1 aliphatic heterocycles. The average molecular weight is 345 g/mol. The van der Waals surface area contributed by atoms with E-state index in [9.17, 15) is 5.21 Å². The number of nitrogens with one attached hydrogen (secondary N) is 1. The second-order valence-corrected chi connectivity index (χ2v) is 6.17. The molecular weight excluding hydrogens is 330 g/mol. The smallest absolute Gasteiger partial charge is 0.177 e. The number of aromatic nitrogens is 6. The summed E-state index contributed by atoms with van der Waals surface area (Å²) in [4.78, 5) is 0. The molecule has 0 saturated carbocycles. The van der Waals surface area contributed by atoms with E-state index in [1.165, 1.54) is 0 Å². The zero-order valence-electron chi connectivity index (χ0n) is 13.7. The van der Waals surface area contributed by atoms with Crippen molar-refractivity contribution in [1.29, 1.82) is 0 Å². The number of allylic oxidation sites excluding steroid dienone is 1. The fraction of sp³-hybridized carbons (Fsp3) is 0.111. The third kappa shape index (κ3) is 2.44. The Morgan fingerprint density at radius 1 is 1.15 bits per heavy atom. The molecule has 4 heterocycles. The number of hydroxylamine groups is 1. The van der Waals surface area contributed by atoms with Crippen LogP contribution in [0.15, 0.2) is 55.0 Å². The standard InChI is InChI=1S/C18H15N7O/c26-24-7-1-2-13-8-12(3-5-16(13)24)9-18-22-21-17-6-4-15(23-25(17)18)14-10-19-20-11-14/h1,3-8,10-11,26H,2,9H2,(H,19,20). The number of nitrogens with zero attached hydrogens (tertiary/aromatic N) is 6. The number of rotatable bonds is 3. The summed E-state index contributed by atoms with van der Waals surface area (Å²) >= 11 is 0. The van der Waals surface area contributed by atoms with Crippen LogP contribution in [0.3, 0.4) is 0 Å². The maximum absolute atomic E-state index is 9.87. The molecule has 0 aliphatic carbocycles. The topological polar surface area (TPSA) is 95.2 Å². The zero-order chi connectivity index (χ0) is 17.5. The van der Waals surface area contributed by atoms with E-state index in [4.69, 9.17) is 0 Å². The van der Waals surface area contributed by atoms with Crippen LogP contribution in [0.1, 0.15) is 17.0 Å². The van der Waals surface area contributed by atoms with Gasteiger partial charge in [0.1, 0.15) is 0 Å². The number of hydrogen-bond acceptors (Lipinski definition) is 6. The third-order valence-corrected chi connectivity index (χ3v) is 4.46. The van der Waals surface area contributed by atoms with E-state index in [2.05, 4.69) is 31.6 Å². The van der Waals surface area contributed by atoms with E-state index in [-0.39, 0.29) is 0 Å². The lowest BCUT2D eigenvalue weighted by molar-refractivity contribution is 0.293. The van der Waals surface area contributed by atoms with Crippen molar-refractivity contribution in [2.24, 2.45) is 0 Å². The van der Waals surface area contributed by atoms with Crippen molar-refractivity contribution in [3.8, 4) is 11.3 Å². The van der Waals surface area contributed by atoms with Crippen molar-refractivity contribution in [2.45, 2.75) is 12.8 Å². The van der Waals surface area contributed by atoms with Gasteiger partial charge in [-0.05, 0) is 35.7 Å². The second-order valence-electron chi connectivity index (χ2n) is 6.17. The van der Waals surface area contributed by atoms with Crippen LogP contribution in [0.5, 0.6) is 0 Å². The van der Waals surface area contributed by atoms with Gasteiger partial charge in [-0.3, -0.25) is 10.3 Å². The summed E-state index contributed by atoms with van der Waals surface area (Å²) in [6, 6.07) is 9.79. The summed E-state index contributed by atoms with van der Waals surface area (Å²) in [7, 11) is 0. The summed E-state index contributed by atoms with van der Waals surface area (Å²) in [6.07, 6.45) is 8.52. The monoisotopic (exact) mass is 345 g/mol. The molecule has 1 aromatic carbocycles. The highest BCUT2D eigenvalue weighted by Gasteiger charge is 2.14. The predicted molar refractivity (Wildman–Crippen MR) is 94.7 cm³/mol. The van der Waals surface area contributed by atoms with Crippen LogP contribution in [0, 0.1) is 0 Å². The first-order valence-corrected chi connectivity index (χ1v) is 8.25. The Balaban J connectivity index is 1.51. The molecule has 0 atom stereocenters. The number of fused-ring (bicyclic) bond motifs is 2. The summed E-state index contributed by atoms with van der Waals surface area (Å²) < 4.78 is 1.76. The van der Waals surface area contributed by atoms with Gasteiger partial charge in [-0.2, -0.15) is 14.7 Å². The molecule has 0 spiro atoms. The highest BCUT2D eigenvalue weighted by molar-refractivity contribution is 5.59. The molecule has 3 aromatic heterocycles. The fourth-order valence-corrected chi connectivity index (χ4v) is 3.17. The van der Waals surface area contributed by atoms with Gasteiger partial charge < -0.3 is 0 Å². The highest BCUT2D eigenvalue weighted by atomic mass is 16.5. The van der Waals surface area contributed by atoms with Gasteiger partial charge in [0.2, 0.25) is 0 Å². The van der Waals surface area contributed by atoms with Crippen LogP contribution in [0.2, 0.25) is 0 Å². The normalized spacial score (nSPS) is 13.3. The fourth-order valence-electron chi connectivity index (χ4n) is 3.17. The molecule has 2 N–H and O–H groups in total. The van der Waals surface area contributed by atoms with E-state index < -0.39 is 0 Å². The predicted octanol–water partition coefficient (Wildman–Crippen LogP) is 2.37. The van der Waals surface area contributed by atoms with Crippen molar-refractivity contribution in [2.75, 3.05) is 5.06 Å². The Hall–Kier alpha value is -3.52. The lowest BCUT2D eigenvalue weighted by Crippen LogP contribution is -2.15. The van der Waals surface area contributed by atoms with Gasteiger partial charge in [0, 0.05) is 24.4 Å². The number of H-pyrrole nitrogens is 1. The minimum absolute atomic E-state index is 0.603. The van der Waals surface area contributed by atoms with Crippen LogP contribution in [-0.4, -0.2) is 35.2 Å². The molecule has 8 heteroatoms. The Bertz CT molecular complexity index is 1110. The Morgan fingerprint density at radius 2 is 2.12 bits per heavy atom. The number of benzene rings is 1. The summed E-state index contributed by atoms with van der Waals surface area (Å²) in [5, 5.41) is 30.9. The van der Waals surface area contributed by atoms with Crippen LogP contribution >= 0.6 is 0 Å². The van der Waals surface area contributed by atoms with E-state index in [1.54, 1.807) is 23.1 Å². The van der Waals surface area contributed by atoms with Gasteiger partial charge in [0.15, 0.2) is 11.5 Å². The first kappa shape index (κ1) is 14.8. The molecule has 0 amide bonds. The first-order valence-electron chi connectivity index (χ1n) is 8.25. The van der Waals surface area contributed by atoms with E-state index in [0.29, 0.717) is 12.1 Å². The van der Waals surface area contributed by atoms with Crippen molar-refractivity contribution < 1.29 is 5.21 Å². The molecular formula is C18H15N7O. The molecule has 8 nitrogen and oxygen atoms in total. The van der Waals surface area contributed by atoms with Gasteiger partial charge in [-0.25, -0.2) is 5.06 Å². The largest absolute Gasteiger partial charge is 0.285 e. The van der Waals surface area contributed by atoms with E-state index in [1.807, 2.05) is 30.3 Å². The van der Waals surface area contributed by atoms with Gasteiger partial charge in [-0.15, -0.1) is 10.2 Å². The summed E-state index contributed by atoms with van der Waals surface area (Å²) in [6.45, 7) is 0. The summed E-state index contributed by atoms with van der Waals surface area (Å²) in [5.74, 6) is 0.762. The molecule has 0 saturated heterocycles. The zero-order valence-corrected chi connectivity index (χ0v) is 13.7. The maximum Gasteiger partial charge on any atom is 0.177 e. The van der Waals surface area contributed by atoms with Crippen LogP contribution in [0.25, 0.3) is 16.9 Å². The molecule has 0 unspecified atom stereocenters. The van der Waals surface area contributed by atoms with Crippen molar-refractivity contribution in [3.63, 3.8) is 0 Å². The van der Waals surface area contributed by atoms with Gasteiger partial charge in [0.25, 0.3) is 0 Å². The second kappa shape index (κ2) is 5.78. The Morgan fingerprint density at radius 3 is 3.00 bits per heavy atom. The lowest BCUT2D eigenvalue weighted by atomic mass is 10.0. The van der Waals surface area contributed by atoms with Crippen molar-refractivity contribution in [1.82, 2.24) is 30.0 Å². The Labute approximate surface area is 148 Å². The van der Waals surface area contributed by atoms with E-state index in [0.717, 1.165) is 45.4 Å². The first-order chi connectivity index (χ1) is 12.8. The number of anilines is 1. The molecule has 0 fully saturated rings. The molecule has 128 valence electrons.